The highest BCUT2D eigenvalue weighted by atomic mass is 16.5. The average Bonchev–Trinajstić information content (AvgIpc) is 2.96. The molecule has 0 unspecified atom stereocenters. The van der Waals surface area contributed by atoms with Gasteiger partial charge in [-0.3, -0.25) is 4.79 Å². The Hall–Kier alpha value is -4.39. The van der Waals surface area contributed by atoms with Gasteiger partial charge in [0, 0.05) is 42.9 Å². The Labute approximate surface area is 209 Å². The van der Waals surface area contributed by atoms with Gasteiger partial charge in [0.25, 0.3) is 0 Å². The number of hydrogen-bond donors (Lipinski definition) is 0. The predicted octanol–water partition coefficient (Wildman–Crippen LogP) is 4.74. The minimum absolute atomic E-state index is 0.110. The fraction of sp³-hybridized carbons (Fsp3) is 0.207. The maximum absolute atomic E-state index is 13.8. The first kappa shape index (κ1) is 22.1. The standard InChI is InChI=1S/C29H26N4O3/c1-35-21-12-10-20(11-13-21)24-14-15-27(31-30-24)32-16-18-33(19-17-32)29(34)28-22-6-2-4-8-25(22)36-26-9-5-3-7-23(26)28/h2-15,28H,16-19H2,1H3. The summed E-state index contributed by atoms with van der Waals surface area (Å²) in [6.45, 7) is 2.66. The summed E-state index contributed by atoms with van der Waals surface area (Å²) in [6.07, 6.45) is 0. The third kappa shape index (κ3) is 4.02. The fourth-order valence-corrected chi connectivity index (χ4v) is 4.92. The molecule has 0 N–H and O–H groups in total. The van der Waals surface area contributed by atoms with Crippen molar-refractivity contribution in [3.05, 3.63) is 96.1 Å². The van der Waals surface area contributed by atoms with Gasteiger partial charge in [0.15, 0.2) is 5.82 Å². The van der Waals surface area contributed by atoms with Crippen molar-refractivity contribution < 1.29 is 14.3 Å². The van der Waals surface area contributed by atoms with Crippen molar-refractivity contribution in [2.45, 2.75) is 5.92 Å². The Morgan fingerprint density at radius 1 is 0.806 bits per heavy atom. The number of benzene rings is 3. The number of methoxy groups -OCH3 is 1. The molecule has 36 heavy (non-hydrogen) atoms. The summed E-state index contributed by atoms with van der Waals surface area (Å²) in [4.78, 5) is 17.9. The summed E-state index contributed by atoms with van der Waals surface area (Å²) in [6, 6.07) is 27.4. The highest BCUT2D eigenvalue weighted by Gasteiger charge is 2.36. The SMILES string of the molecule is COc1ccc(-c2ccc(N3CCN(C(=O)C4c5ccccc5Oc5ccccc54)CC3)nn2)cc1. The zero-order chi connectivity index (χ0) is 24.5. The Kier molecular flexibility index (Phi) is 5.73. The van der Waals surface area contributed by atoms with E-state index in [1.165, 1.54) is 0 Å². The van der Waals surface area contributed by atoms with E-state index in [0.29, 0.717) is 26.2 Å². The van der Waals surface area contributed by atoms with Crippen LogP contribution < -0.4 is 14.4 Å². The molecule has 0 bridgehead atoms. The van der Waals surface area contributed by atoms with Gasteiger partial charge in [0.1, 0.15) is 17.2 Å². The second-order valence-corrected chi connectivity index (χ2v) is 8.93. The van der Waals surface area contributed by atoms with Gasteiger partial charge in [-0.05, 0) is 48.5 Å². The molecule has 0 saturated carbocycles. The van der Waals surface area contributed by atoms with E-state index >= 15 is 0 Å². The van der Waals surface area contributed by atoms with Crippen LogP contribution in [-0.4, -0.2) is 54.3 Å². The van der Waals surface area contributed by atoms with Crippen LogP contribution in [-0.2, 0) is 4.79 Å². The van der Waals surface area contributed by atoms with Crippen LogP contribution in [0, 0.1) is 0 Å². The second kappa shape index (κ2) is 9.34. The molecule has 1 aromatic heterocycles. The van der Waals surface area contributed by atoms with E-state index in [4.69, 9.17) is 9.47 Å². The van der Waals surface area contributed by atoms with Crippen molar-refractivity contribution >= 4 is 11.7 Å². The van der Waals surface area contributed by atoms with Crippen LogP contribution in [0.2, 0.25) is 0 Å². The molecular weight excluding hydrogens is 452 g/mol. The number of ether oxygens (including phenoxy) is 2. The lowest BCUT2D eigenvalue weighted by atomic mass is 9.86. The van der Waals surface area contributed by atoms with E-state index < -0.39 is 0 Å². The lowest BCUT2D eigenvalue weighted by Crippen LogP contribution is -2.50. The minimum atomic E-state index is -0.360. The second-order valence-electron chi connectivity index (χ2n) is 8.93. The number of piperazine rings is 1. The normalized spacial score (nSPS) is 15.0. The summed E-state index contributed by atoms with van der Waals surface area (Å²) >= 11 is 0. The molecule has 4 aromatic rings. The van der Waals surface area contributed by atoms with Crippen LogP contribution in [0.3, 0.4) is 0 Å². The lowest BCUT2D eigenvalue weighted by Gasteiger charge is -2.38. The van der Waals surface area contributed by atoms with Crippen molar-refractivity contribution in [1.29, 1.82) is 0 Å². The predicted molar refractivity (Wildman–Crippen MR) is 138 cm³/mol. The molecule has 0 radical (unpaired) electrons. The molecule has 6 rings (SSSR count). The van der Waals surface area contributed by atoms with Gasteiger partial charge < -0.3 is 19.3 Å². The number of amides is 1. The smallest absolute Gasteiger partial charge is 0.234 e. The third-order valence-corrected chi connectivity index (χ3v) is 6.88. The number of carbonyl (C=O) groups is 1. The van der Waals surface area contributed by atoms with E-state index in [9.17, 15) is 4.79 Å². The molecule has 0 atom stereocenters. The van der Waals surface area contributed by atoms with E-state index in [2.05, 4.69) is 15.1 Å². The first-order valence-corrected chi connectivity index (χ1v) is 12.1. The Morgan fingerprint density at radius 3 is 2.03 bits per heavy atom. The summed E-state index contributed by atoms with van der Waals surface area (Å²) in [5.41, 5.74) is 3.64. The number of carbonyl (C=O) groups excluding carboxylic acids is 1. The van der Waals surface area contributed by atoms with E-state index in [1.807, 2.05) is 89.8 Å². The molecular formula is C29H26N4O3. The number of anilines is 1. The molecule has 1 saturated heterocycles. The van der Waals surface area contributed by atoms with Gasteiger partial charge in [-0.25, -0.2) is 0 Å². The van der Waals surface area contributed by atoms with Crippen molar-refractivity contribution in [3.8, 4) is 28.5 Å². The molecule has 3 heterocycles. The Bertz CT molecular complexity index is 1340. The highest BCUT2D eigenvalue weighted by Crippen LogP contribution is 2.44. The number of rotatable bonds is 4. The van der Waals surface area contributed by atoms with Crippen molar-refractivity contribution in [3.63, 3.8) is 0 Å². The van der Waals surface area contributed by atoms with Gasteiger partial charge in [-0.15, -0.1) is 10.2 Å². The molecule has 1 fully saturated rings. The maximum atomic E-state index is 13.8. The number of nitrogens with zero attached hydrogens (tertiary/aromatic N) is 4. The number of para-hydroxylation sites is 2. The molecule has 7 nitrogen and oxygen atoms in total. The summed E-state index contributed by atoms with van der Waals surface area (Å²) in [5, 5.41) is 8.90. The molecule has 0 aliphatic carbocycles. The molecule has 0 spiro atoms. The highest BCUT2D eigenvalue weighted by molar-refractivity contribution is 5.90. The zero-order valence-corrected chi connectivity index (χ0v) is 20.0. The quantitative estimate of drug-likeness (QED) is 0.422. The molecule has 180 valence electrons. The van der Waals surface area contributed by atoms with E-state index in [-0.39, 0.29) is 11.8 Å². The van der Waals surface area contributed by atoms with E-state index in [1.54, 1.807) is 7.11 Å². The van der Waals surface area contributed by atoms with Crippen LogP contribution in [0.15, 0.2) is 84.9 Å². The summed E-state index contributed by atoms with van der Waals surface area (Å²) < 4.78 is 11.3. The molecule has 1 amide bonds. The fourth-order valence-electron chi connectivity index (χ4n) is 4.92. The van der Waals surface area contributed by atoms with Gasteiger partial charge in [-0.1, -0.05) is 36.4 Å². The number of fused-ring (bicyclic) bond motifs is 2. The number of hydrogen-bond acceptors (Lipinski definition) is 6. The van der Waals surface area contributed by atoms with Crippen LogP contribution in [0.1, 0.15) is 17.0 Å². The topological polar surface area (TPSA) is 67.8 Å². The first-order valence-electron chi connectivity index (χ1n) is 12.1. The van der Waals surface area contributed by atoms with Crippen molar-refractivity contribution in [1.82, 2.24) is 15.1 Å². The van der Waals surface area contributed by atoms with Gasteiger partial charge in [0.2, 0.25) is 5.91 Å². The van der Waals surface area contributed by atoms with Crippen molar-refractivity contribution in [2.24, 2.45) is 0 Å². The van der Waals surface area contributed by atoms with E-state index in [0.717, 1.165) is 45.5 Å². The zero-order valence-electron chi connectivity index (χ0n) is 20.0. The summed E-state index contributed by atoms with van der Waals surface area (Å²) in [7, 11) is 1.65. The van der Waals surface area contributed by atoms with Crippen molar-refractivity contribution in [2.75, 3.05) is 38.2 Å². The first-order chi connectivity index (χ1) is 17.7. The Morgan fingerprint density at radius 2 is 1.44 bits per heavy atom. The third-order valence-electron chi connectivity index (χ3n) is 6.88. The Balaban J connectivity index is 1.16. The van der Waals surface area contributed by atoms with Gasteiger partial charge >= 0.3 is 0 Å². The molecule has 7 heteroatoms. The number of aromatic nitrogens is 2. The van der Waals surface area contributed by atoms with Crippen LogP contribution in [0.5, 0.6) is 17.2 Å². The molecule has 2 aliphatic heterocycles. The van der Waals surface area contributed by atoms with Crippen LogP contribution >= 0.6 is 0 Å². The van der Waals surface area contributed by atoms with Gasteiger partial charge in [-0.2, -0.15) is 0 Å². The van der Waals surface area contributed by atoms with Crippen LogP contribution in [0.25, 0.3) is 11.3 Å². The average molecular weight is 479 g/mol. The van der Waals surface area contributed by atoms with Crippen LogP contribution in [0.4, 0.5) is 5.82 Å². The molecule has 2 aliphatic rings. The maximum Gasteiger partial charge on any atom is 0.234 e. The summed E-state index contributed by atoms with van der Waals surface area (Å²) in [5.74, 6) is 2.88. The largest absolute Gasteiger partial charge is 0.497 e. The lowest BCUT2D eigenvalue weighted by molar-refractivity contribution is -0.132. The monoisotopic (exact) mass is 478 g/mol. The van der Waals surface area contributed by atoms with Gasteiger partial charge in [0.05, 0.1) is 18.7 Å². The minimum Gasteiger partial charge on any atom is -0.497 e. The molecule has 3 aromatic carbocycles.